The molecular formula is C18H15F2N5. The Balaban J connectivity index is 1.72. The van der Waals surface area contributed by atoms with Crippen LogP contribution in [0.5, 0.6) is 0 Å². The van der Waals surface area contributed by atoms with Gasteiger partial charge in [0.1, 0.15) is 17.8 Å². The highest BCUT2D eigenvalue weighted by Gasteiger charge is 2.51. The summed E-state index contributed by atoms with van der Waals surface area (Å²) in [5.74, 6) is -0.0376. The molecule has 0 amide bonds. The van der Waals surface area contributed by atoms with Crippen LogP contribution >= 0.6 is 0 Å². The lowest BCUT2D eigenvalue weighted by atomic mass is 9.63. The molecule has 0 bridgehead atoms. The number of hydrogen-bond acceptors (Lipinski definition) is 5. The third-order valence-corrected chi connectivity index (χ3v) is 4.59. The molecule has 0 atom stereocenters. The maximum Gasteiger partial charge on any atom is 0.145 e. The number of anilines is 1. The molecule has 3 aromatic rings. The van der Waals surface area contributed by atoms with Crippen LogP contribution in [0.25, 0.3) is 11.3 Å². The van der Waals surface area contributed by atoms with Crippen LogP contribution < -0.4 is 5.73 Å². The first-order valence-corrected chi connectivity index (χ1v) is 7.90. The van der Waals surface area contributed by atoms with Crippen molar-refractivity contribution in [3.63, 3.8) is 0 Å². The zero-order valence-corrected chi connectivity index (χ0v) is 13.2. The van der Waals surface area contributed by atoms with Gasteiger partial charge in [-0.15, -0.1) is 0 Å². The summed E-state index contributed by atoms with van der Waals surface area (Å²) in [6.07, 6.45) is 2.42. The van der Waals surface area contributed by atoms with Crippen LogP contribution in [-0.4, -0.2) is 26.3 Å². The lowest BCUT2D eigenvalue weighted by Gasteiger charge is -2.42. The van der Waals surface area contributed by atoms with Crippen molar-refractivity contribution in [2.24, 2.45) is 0 Å². The van der Waals surface area contributed by atoms with Crippen molar-refractivity contribution in [1.29, 1.82) is 0 Å². The first kappa shape index (κ1) is 15.6. The number of nitrogens with zero attached hydrogens (tertiary/aromatic N) is 4. The standard InChI is InChI=1S/C18H15F2N5/c19-12-8-18(9-12,17-13(20)2-1-7-22-17)15-5-4-14(24-25-15)11-3-6-16(21)23-10-11/h1-7,10,12H,8-9H2,(H2,21,23). The lowest BCUT2D eigenvalue weighted by molar-refractivity contribution is 0.113. The molecule has 126 valence electrons. The normalized spacial score (nSPS) is 22.4. The minimum absolute atomic E-state index is 0.151. The number of alkyl halides is 1. The maximum atomic E-state index is 14.2. The van der Waals surface area contributed by atoms with Gasteiger partial charge in [-0.25, -0.2) is 13.8 Å². The summed E-state index contributed by atoms with van der Waals surface area (Å²) in [6.45, 7) is 0. The highest BCUT2D eigenvalue weighted by Crippen LogP contribution is 2.49. The Bertz CT molecular complexity index is 890. The molecule has 0 aromatic carbocycles. The Morgan fingerprint density at radius 2 is 1.88 bits per heavy atom. The van der Waals surface area contributed by atoms with Gasteiger partial charge in [0.25, 0.3) is 0 Å². The predicted octanol–water partition coefficient (Wildman–Crippen LogP) is 3.07. The second-order valence-electron chi connectivity index (χ2n) is 6.20. The monoisotopic (exact) mass is 339 g/mol. The van der Waals surface area contributed by atoms with Crippen LogP contribution in [0.4, 0.5) is 14.6 Å². The number of hydrogen-bond donors (Lipinski definition) is 1. The maximum absolute atomic E-state index is 14.2. The zero-order valence-electron chi connectivity index (χ0n) is 13.2. The largest absolute Gasteiger partial charge is 0.384 e. The molecule has 1 saturated carbocycles. The topological polar surface area (TPSA) is 77.6 Å². The number of halogens is 2. The van der Waals surface area contributed by atoms with E-state index in [0.29, 0.717) is 17.2 Å². The van der Waals surface area contributed by atoms with E-state index in [0.717, 1.165) is 5.56 Å². The van der Waals surface area contributed by atoms with E-state index in [1.165, 1.54) is 18.3 Å². The zero-order chi connectivity index (χ0) is 17.4. The second-order valence-corrected chi connectivity index (χ2v) is 6.20. The van der Waals surface area contributed by atoms with Crippen molar-refractivity contribution in [1.82, 2.24) is 20.2 Å². The molecule has 25 heavy (non-hydrogen) atoms. The fourth-order valence-corrected chi connectivity index (χ4v) is 3.26. The quantitative estimate of drug-likeness (QED) is 0.793. The van der Waals surface area contributed by atoms with E-state index < -0.39 is 17.4 Å². The van der Waals surface area contributed by atoms with E-state index in [2.05, 4.69) is 20.2 Å². The Morgan fingerprint density at radius 1 is 1.04 bits per heavy atom. The molecular weight excluding hydrogens is 324 g/mol. The average molecular weight is 339 g/mol. The molecule has 0 aliphatic heterocycles. The van der Waals surface area contributed by atoms with Crippen molar-refractivity contribution >= 4 is 5.82 Å². The molecule has 1 aliphatic carbocycles. The van der Waals surface area contributed by atoms with Gasteiger partial charge in [0.15, 0.2) is 0 Å². The predicted molar refractivity (Wildman–Crippen MR) is 88.8 cm³/mol. The SMILES string of the molecule is Nc1ccc(-c2ccc(C3(c4ncccc4F)CC(F)C3)nn2)cn1. The van der Waals surface area contributed by atoms with E-state index >= 15 is 0 Å². The molecule has 4 rings (SSSR count). The summed E-state index contributed by atoms with van der Waals surface area (Å²) in [5.41, 5.74) is 6.84. The van der Waals surface area contributed by atoms with E-state index in [-0.39, 0.29) is 18.5 Å². The van der Waals surface area contributed by atoms with E-state index in [9.17, 15) is 8.78 Å². The fourth-order valence-electron chi connectivity index (χ4n) is 3.26. The molecule has 0 radical (unpaired) electrons. The van der Waals surface area contributed by atoms with Crippen LogP contribution in [-0.2, 0) is 5.41 Å². The number of nitrogens with two attached hydrogens (primary N) is 1. The third-order valence-electron chi connectivity index (χ3n) is 4.59. The summed E-state index contributed by atoms with van der Waals surface area (Å²) >= 11 is 0. The van der Waals surface area contributed by atoms with Crippen LogP contribution in [0.3, 0.4) is 0 Å². The van der Waals surface area contributed by atoms with Crippen molar-refractivity contribution in [2.45, 2.75) is 24.4 Å². The highest BCUT2D eigenvalue weighted by atomic mass is 19.1. The van der Waals surface area contributed by atoms with E-state index in [1.807, 2.05) is 0 Å². The minimum Gasteiger partial charge on any atom is -0.384 e. The molecule has 5 nitrogen and oxygen atoms in total. The molecule has 2 N–H and O–H groups in total. The molecule has 0 saturated heterocycles. The molecule has 1 aliphatic rings. The first-order chi connectivity index (χ1) is 12.1. The van der Waals surface area contributed by atoms with Crippen molar-refractivity contribution in [2.75, 3.05) is 5.73 Å². The number of pyridine rings is 2. The summed E-state index contributed by atoms with van der Waals surface area (Å²) < 4.78 is 27.9. The van der Waals surface area contributed by atoms with Gasteiger partial charge in [-0.05, 0) is 49.2 Å². The summed E-state index contributed by atoms with van der Waals surface area (Å²) in [4.78, 5) is 8.16. The fraction of sp³-hybridized carbons (Fsp3) is 0.222. The molecule has 7 heteroatoms. The van der Waals surface area contributed by atoms with Crippen LogP contribution in [0.1, 0.15) is 24.2 Å². The summed E-state index contributed by atoms with van der Waals surface area (Å²) in [7, 11) is 0. The van der Waals surface area contributed by atoms with Gasteiger partial charge in [0.2, 0.25) is 0 Å². The van der Waals surface area contributed by atoms with Gasteiger partial charge in [-0.3, -0.25) is 4.98 Å². The third kappa shape index (κ3) is 2.61. The Morgan fingerprint density at radius 3 is 2.48 bits per heavy atom. The van der Waals surface area contributed by atoms with Crippen LogP contribution in [0.15, 0.2) is 48.8 Å². The lowest BCUT2D eigenvalue weighted by Crippen LogP contribution is -2.45. The van der Waals surface area contributed by atoms with Crippen molar-refractivity contribution < 1.29 is 8.78 Å². The average Bonchev–Trinajstić information content (AvgIpc) is 2.60. The Hall–Kier alpha value is -2.96. The minimum atomic E-state index is -0.996. The van der Waals surface area contributed by atoms with Crippen molar-refractivity contribution in [3.05, 3.63) is 66.0 Å². The Kier molecular flexibility index (Phi) is 3.63. The molecule has 0 unspecified atom stereocenters. The number of rotatable bonds is 3. The van der Waals surface area contributed by atoms with Gasteiger partial charge < -0.3 is 5.73 Å². The van der Waals surface area contributed by atoms with Gasteiger partial charge in [-0.1, -0.05) is 0 Å². The molecule has 1 fully saturated rings. The summed E-state index contributed by atoms with van der Waals surface area (Å²) in [5, 5.41) is 8.44. The Labute approximate surface area is 143 Å². The van der Waals surface area contributed by atoms with E-state index in [1.54, 1.807) is 30.5 Å². The van der Waals surface area contributed by atoms with Gasteiger partial charge in [0.05, 0.1) is 22.5 Å². The molecule has 3 heterocycles. The van der Waals surface area contributed by atoms with Gasteiger partial charge in [0, 0.05) is 18.0 Å². The summed E-state index contributed by atoms with van der Waals surface area (Å²) in [6, 6.07) is 9.83. The highest BCUT2D eigenvalue weighted by molar-refractivity contribution is 5.59. The van der Waals surface area contributed by atoms with Gasteiger partial charge >= 0.3 is 0 Å². The van der Waals surface area contributed by atoms with E-state index in [4.69, 9.17) is 5.73 Å². The smallest absolute Gasteiger partial charge is 0.145 e. The van der Waals surface area contributed by atoms with Crippen LogP contribution in [0, 0.1) is 5.82 Å². The number of nitrogen functional groups attached to an aromatic ring is 1. The van der Waals surface area contributed by atoms with Gasteiger partial charge in [-0.2, -0.15) is 10.2 Å². The molecule has 0 spiro atoms. The van der Waals surface area contributed by atoms with Crippen molar-refractivity contribution in [3.8, 4) is 11.3 Å². The second kappa shape index (κ2) is 5.84. The number of aromatic nitrogens is 4. The molecule has 3 aromatic heterocycles. The van der Waals surface area contributed by atoms with Crippen LogP contribution in [0.2, 0.25) is 0 Å². The first-order valence-electron chi connectivity index (χ1n) is 7.90.